The quantitative estimate of drug-likeness (QED) is 0.294. The Kier molecular flexibility index (Phi) is 9.26. The molecule has 2 rings (SSSR count). The number of Topliss-reactive ketones (excluding diaryl/α,β-unsaturated/α-hetero) is 1. The highest BCUT2D eigenvalue weighted by Crippen LogP contribution is 2.32. The van der Waals surface area contributed by atoms with Crippen molar-refractivity contribution in [3.8, 4) is 5.75 Å². The van der Waals surface area contributed by atoms with Crippen molar-refractivity contribution in [2.24, 2.45) is 11.8 Å². The van der Waals surface area contributed by atoms with E-state index in [1.807, 2.05) is 24.3 Å². The number of hydrogen-bond donors (Lipinski definition) is 0. The fraction of sp³-hybridized carbons (Fsp3) is 0.583. The standard InChI is InChI=1S/C24H34O4/c1-4-5-6-7-8-19-11-14-23(18(2)25)21(15-19)17-28-22-12-9-20(10-13-22)16-24(26)27-3/h9-10,12-13,15,21,23H,4-8,11,14,16-17H2,1-3H3/t21-,23-/m1/s1. The minimum atomic E-state index is -0.253. The smallest absolute Gasteiger partial charge is 0.309 e. The second kappa shape index (κ2) is 11.7. The van der Waals surface area contributed by atoms with Gasteiger partial charge in [0.15, 0.2) is 0 Å². The van der Waals surface area contributed by atoms with Gasteiger partial charge in [-0.1, -0.05) is 50.0 Å². The van der Waals surface area contributed by atoms with Crippen LogP contribution in [0.1, 0.15) is 64.4 Å². The van der Waals surface area contributed by atoms with Crippen molar-refractivity contribution in [1.29, 1.82) is 0 Å². The van der Waals surface area contributed by atoms with Gasteiger partial charge in [-0.2, -0.15) is 0 Å². The van der Waals surface area contributed by atoms with E-state index in [0.29, 0.717) is 6.61 Å². The topological polar surface area (TPSA) is 52.6 Å². The molecule has 1 aliphatic carbocycles. The lowest BCUT2D eigenvalue weighted by Crippen LogP contribution is -2.28. The number of esters is 1. The van der Waals surface area contributed by atoms with Crippen LogP contribution in [-0.2, 0) is 20.7 Å². The van der Waals surface area contributed by atoms with Crippen LogP contribution in [0.3, 0.4) is 0 Å². The average Bonchev–Trinajstić information content (AvgIpc) is 2.70. The van der Waals surface area contributed by atoms with Gasteiger partial charge in [-0.15, -0.1) is 0 Å². The van der Waals surface area contributed by atoms with Gasteiger partial charge in [-0.3, -0.25) is 9.59 Å². The molecule has 28 heavy (non-hydrogen) atoms. The molecular weight excluding hydrogens is 352 g/mol. The normalized spacial score (nSPS) is 19.0. The third kappa shape index (κ3) is 7.14. The fourth-order valence-electron chi connectivity index (χ4n) is 3.85. The van der Waals surface area contributed by atoms with E-state index in [1.165, 1.54) is 38.4 Å². The summed E-state index contributed by atoms with van der Waals surface area (Å²) in [7, 11) is 1.39. The van der Waals surface area contributed by atoms with Crippen LogP contribution in [0, 0.1) is 11.8 Å². The Morgan fingerprint density at radius 3 is 2.50 bits per heavy atom. The van der Waals surface area contributed by atoms with Crippen molar-refractivity contribution >= 4 is 11.8 Å². The summed E-state index contributed by atoms with van der Waals surface area (Å²) in [4.78, 5) is 23.4. The molecule has 0 saturated heterocycles. The van der Waals surface area contributed by atoms with Crippen molar-refractivity contribution in [3.05, 3.63) is 41.5 Å². The maximum Gasteiger partial charge on any atom is 0.309 e. The number of carbonyl (C=O) groups is 2. The number of allylic oxidation sites excluding steroid dienone is 1. The van der Waals surface area contributed by atoms with Gasteiger partial charge in [0.05, 0.1) is 20.1 Å². The van der Waals surface area contributed by atoms with Crippen molar-refractivity contribution in [1.82, 2.24) is 0 Å². The summed E-state index contributed by atoms with van der Waals surface area (Å²) in [6.45, 7) is 4.44. The molecule has 4 nitrogen and oxygen atoms in total. The second-order valence-electron chi connectivity index (χ2n) is 7.76. The van der Waals surface area contributed by atoms with E-state index in [0.717, 1.165) is 30.6 Å². The second-order valence-corrected chi connectivity index (χ2v) is 7.76. The number of benzene rings is 1. The van der Waals surface area contributed by atoms with Crippen LogP contribution in [0.15, 0.2) is 35.9 Å². The number of unbranched alkanes of at least 4 members (excludes halogenated alkanes) is 3. The first-order chi connectivity index (χ1) is 13.5. The molecule has 0 unspecified atom stereocenters. The average molecular weight is 387 g/mol. The summed E-state index contributed by atoms with van der Waals surface area (Å²) in [6, 6.07) is 7.51. The van der Waals surface area contributed by atoms with Gasteiger partial charge >= 0.3 is 5.97 Å². The Balaban J connectivity index is 1.93. The van der Waals surface area contributed by atoms with Gasteiger partial charge in [0.2, 0.25) is 0 Å². The third-order valence-electron chi connectivity index (χ3n) is 5.56. The monoisotopic (exact) mass is 386 g/mol. The summed E-state index contributed by atoms with van der Waals surface area (Å²) >= 11 is 0. The fourth-order valence-corrected chi connectivity index (χ4v) is 3.85. The summed E-state index contributed by atoms with van der Waals surface area (Å²) in [5.41, 5.74) is 2.38. The molecule has 1 aromatic rings. The first-order valence-electron chi connectivity index (χ1n) is 10.5. The molecule has 0 N–H and O–H groups in total. The number of methoxy groups -OCH3 is 1. The van der Waals surface area contributed by atoms with Crippen LogP contribution in [0.5, 0.6) is 5.75 Å². The van der Waals surface area contributed by atoms with E-state index >= 15 is 0 Å². The van der Waals surface area contributed by atoms with E-state index in [2.05, 4.69) is 17.7 Å². The highest BCUT2D eigenvalue weighted by atomic mass is 16.5. The minimum Gasteiger partial charge on any atom is -0.493 e. The predicted molar refractivity (Wildman–Crippen MR) is 111 cm³/mol. The number of hydrogen-bond acceptors (Lipinski definition) is 4. The van der Waals surface area contributed by atoms with Gasteiger partial charge < -0.3 is 9.47 Å². The molecule has 1 aromatic carbocycles. The van der Waals surface area contributed by atoms with Gasteiger partial charge in [0.1, 0.15) is 11.5 Å². The first-order valence-corrected chi connectivity index (χ1v) is 10.5. The van der Waals surface area contributed by atoms with Gasteiger partial charge in [0, 0.05) is 11.8 Å². The molecule has 154 valence electrons. The number of carbonyl (C=O) groups excluding carboxylic acids is 2. The summed E-state index contributed by atoms with van der Waals surface area (Å²) in [5, 5.41) is 0. The molecule has 0 radical (unpaired) electrons. The summed E-state index contributed by atoms with van der Waals surface area (Å²) < 4.78 is 10.7. The third-order valence-corrected chi connectivity index (χ3v) is 5.56. The lowest BCUT2D eigenvalue weighted by molar-refractivity contribution is -0.139. The molecule has 0 amide bonds. The maximum absolute atomic E-state index is 12.1. The predicted octanol–water partition coefficient (Wildman–Crippen LogP) is 5.29. The highest BCUT2D eigenvalue weighted by molar-refractivity contribution is 5.79. The van der Waals surface area contributed by atoms with Gasteiger partial charge in [0.25, 0.3) is 0 Å². The summed E-state index contributed by atoms with van der Waals surface area (Å²) in [6.07, 6.45) is 10.7. The van der Waals surface area contributed by atoms with Crippen LogP contribution in [-0.4, -0.2) is 25.5 Å². The SMILES string of the molecule is CCCCCCC1=C[C@H](COc2ccc(CC(=O)OC)cc2)[C@@H](C(C)=O)CC1. The van der Waals surface area contributed by atoms with Crippen LogP contribution < -0.4 is 4.74 Å². The van der Waals surface area contributed by atoms with Crippen LogP contribution in [0.2, 0.25) is 0 Å². The lowest BCUT2D eigenvalue weighted by atomic mass is 9.78. The van der Waals surface area contributed by atoms with E-state index < -0.39 is 0 Å². The van der Waals surface area contributed by atoms with Crippen LogP contribution >= 0.6 is 0 Å². The van der Waals surface area contributed by atoms with Crippen LogP contribution in [0.4, 0.5) is 0 Å². The van der Waals surface area contributed by atoms with Crippen LogP contribution in [0.25, 0.3) is 0 Å². The van der Waals surface area contributed by atoms with Gasteiger partial charge in [-0.25, -0.2) is 0 Å². The zero-order valence-corrected chi connectivity index (χ0v) is 17.5. The zero-order chi connectivity index (χ0) is 20.4. The minimum absolute atomic E-state index is 0.0537. The van der Waals surface area contributed by atoms with Crippen molar-refractivity contribution < 1.29 is 19.1 Å². The number of ether oxygens (including phenoxy) is 2. The molecule has 4 heteroatoms. The zero-order valence-electron chi connectivity index (χ0n) is 17.5. The molecule has 0 saturated carbocycles. The van der Waals surface area contributed by atoms with E-state index in [-0.39, 0.29) is 30.0 Å². The number of ketones is 1. The molecule has 0 heterocycles. The van der Waals surface area contributed by atoms with Crippen molar-refractivity contribution in [2.75, 3.05) is 13.7 Å². The lowest BCUT2D eigenvalue weighted by Gasteiger charge is -2.29. The van der Waals surface area contributed by atoms with E-state index in [1.54, 1.807) is 6.92 Å². The maximum atomic E-state index is 12.1. The molecular formula is C24H34O4. The first kappa shape index (κ1) is 22.2. The largest absolute Gasteiger partial charge is 0.493 e. The Labute approximate surface area is 169 Å². The molecule has 0 aliphatic heterocycles. The highest BCUT2D eigenvalue weighted by Gasteiger charge is 2.28. The van der Waals surface area contributed by atoms with E-state index in [4.69, 9.17) is 4.74 Å². The molecule has 0 fully saturated rings. The molecule has 2 atom stereocenters. The molecule has 0 aromatic heterocycles. The number of rotatable bonds is 11. The van der Waals surface area contributed by atoms with Crippen molar-refractivity contribution in [2.45, 2.75) is 65.2 Å². The molecule has 0 spiro atoms. The molecule has 1 aliphatic rings. The van der Waals surface area contributed by atoms with E-state index in [9.17, 15) is 9.59 Å². The Hall–Kier alpha value is -2.10. The molecule has 0 bridgehead atoms. The Morgan fingerprint density at radius 1 is 1.11 bits per heavy atom. The summed E-state index contributed by atoms with van der Waals surface area (Å²) in [5.74, 6) is 0.958. The Morgan fingerprint density at radius 2 is 1.86 bits per heavy atom. The Bertz CT molecular complexity index is 660. The van der Waals surface area contributed by atoms with Crippen molar-refractivity contribution in [3.63, 3.8) is 0 Å². The van der Waals surface area contributed by atoms with Gasteiger partial charge in [-0.05, 0) is 50.3 Å².